The normalized spacial score (nSPS) is 26.0. The molecule has 0 N–H and O–H groups in total. The third-order valence-electron chi connectivity index (χ3n) is 13.6. The second-order valence-electron chi connectivity index (χ2n) is 17.4. The first-order valence-electron chi connectivity index (χ1n) is 20.6. The van der Waals surface area contributed by atoms with E-state index in [2.05, 4.69) is 81.4 Å². The van der Waals surface area contributed by atoms with Gasteiger partial charge in [0.1, 0.15) is 0 Å². The van der Waals surface area contributed by atoms with E-state index in [9.17, 15) is 0 Å². The summed E-state index contributed by atoms with van der Waals surface area (Å²) in [5.41, 5.74) is 10.2. The largest absolute Gasteiger partial charge is 0.650 e. The summed E-state index contributed by atoms with van der Waals surface area (Å²) in [6, 6.07) is 23.4. The Hall–Kier alpha value is -1.58. The van der Waals surface area contributed by atoms with E-state index in [1.165, 1.54) is 125 Å². The van der Waals surface area contributed by atoms with E-state index in [-0.39, 0.29) is 52.2 Å². The molecule has 2 nitrogen and oxygen atoms in total. The van der Waals surface area contributed by atoms with Crippen molar-refractivity contribution in [1.29, 1.82) is 0 Å². The molecule has 5 unspecified atom stereocenters. The van der Waals surface area contributed by atoms with Gasteiger partial charge in [0.05, 0.1) is 0 Å². The van der Waals surface area contributed by atoms with Crippen LogP contribution in [0.5, 0.6) is 0 Å². The molecular formula is C49H70HfN2-4. The Kier molecular flexibility index (Phi) is 16.5. The van der Waals surface area contributed by atoms with Gasteiger partial charge in [-0.3, -0.25) is 4.98 Å². The van der Waals surface area contributed by atoms with Crippen molar-refractivity contribution in [3.63, 3.8) is 0 Å². The molecule has 3 aromatic rings. The summed E-state index contributed by atoms with van der Waals surface area (Å²) in [5.74, 6) is 3.85. The molecule has 4 aliphatic rings. The van der Waals surface area contributed by atoms with E-state index in [0.29, 0.717) is 29.6 Å². The molecule has 52 heavy (non-hydrogen) atoms. The van der Waals surface area contributed by atoms with Crippen LogP contribution in [-0.4, -0.2) is 4.98 Å². The molecule has 7 rings (SSSR count). The second kappa shape index (κ2) is 19.8. The van der Waals surface area contributed by atoms with Gasteiger partial charge in [-0.2, -0.15) is 5.41 Å². The van der Waals surface area contributed by atoms with Gasteiger partial charge in [0.15, 0.2) is 0 Å². The van der Waals surface area contributed by atoms with E-state index in [4.69, 9.17) is 17.2 Å². The maximum Gasteiger partial charge on any atom is 0.0419 e. The van der Waals surface area contributed by atoms with Crippen molar-refractivity contribution in [2.24, 2.45) is 17.3 Å². The van der Waals surface area contributed by atoms with E-state index >= 15 is 0 Å². The van der Waals surface area contributed by atoms with E-state index in [0.717, 1.165) is 18.9 Å². The molecule has 0 radical (unpaired) electrons. The number of fused-ring (bicyclic) bond motifs is 1. The number of hydrogen-bond acceptors (Lipinski definition) is 1. The smallest absolute Gasteiger partial charge is 0.0419 e. The molecule has 4 aliphatic carbocycles. The van der Waals surface area contributed by atoms with Crippen LogP contribution >= 0.6 is 0 Å². The fourth-order valence-electron chi connectivity index (χ4n) is 11.0. The molecule has 0 spiro atoms. The van der Waals surface area contributed by atoms with Crippen LogP contribution in [-0.2, 0) is 38.8 Å². The van der Waals surface area contributed by atoms with Gasteiger partial charge in [-0.15, -0.1) is 6.54 Å². The monoisotopic (exact) mass is 867 g/mol. The van der Waals surface area contributed by atoms with Crippen LogP contribution in [0.1, 0.15) is 192 Å². The van der Waals surface area contributed by atoms with Crippen LogP contribution in [0.4, 0.5) is 0 Å². The number of rotatable bonds is 10. The topological polar surface area (TPSA) is 27.0 Å². The minimum Gasteiger partial charge on any atom is -0.650 e. The zero-order valence-corrected chi connectivity index (χ0v) is 37.2. The van der Waals surface area contributed by atoms with Crippen LogP contribution in [0.3, 0.4) is 0 Å². The zero-order chi connectivity index (χ0) is 33.8. The predicted molar refractivity (Wildman–Crippen MR) is 220 cm³/mol. The molecule has 4 fully saturated rings. The summed E-state index contributed by atoms with van der Waals surface area (Å²) in [6.45, 7) is 12.8. The van der Waals surface area contributed by atoms with Crippen molar-refractivity contribution in [1.82, 2.24) is 4.98 Å². The third-order valence-corrected chi connectivity index (χ3v) is 13.6. The molecule has 2 aromatic carbocycles. The average Bonchev–Trinajstić information content (AvgIpc) is 3.13. The van der Waals surface area contributed by atoms with E-state index in [1.54, 1.807) is 16.7 Å². The number of aromatic nitrogens is 1. The van der Waals surface area contributed by atoms with Crippen LogP contribution in [0, 0.1) is 39.0 Å². The second-order valence-corrected chi connectivity index (χ2v) is 17.4. The van der Waals surface area contributed by atoms with Gasteiger partial charge in [-0.25, -0.2) is 0 Å². The van der Waals surface area contributed by atoms with Gasteiger partial charge in [0.2, 0.25) is 0 Å². The first-order chi connectivity index (χ1) is 23.9. The quantitative estimate of drug-likeness (QED) is 0.147. The van der Waals surface area contributed by atoms with Crippen LogP contribution < -0.4 is 0 Å². The third kappa shape index (κ3) is 9.80. The van der Waals surface area contributed by atoms with Crippen molar-refractivity contribution in [2.45, 2.75) is 166 Å². The first-order valence-corrected chi connectivity index (χ1v) is 20.6. The summed E-state index contributed by atoms with van der Waals surface area (Å²) >= 11 is 0. The van der Waals surface area contributed by atoms with Crippen LogP contribution in [0.15, 0.2) is 60.7 Å². The summed E-state index contributed by atoms with van der Waals surface area (Å²) < 4.78 is 0. The van der Waals surface area contributed by atoms with E-state index in [1.807, 2.05) is 0 Å². The van der Waals surface area contributed by atoms with Gasteiger partial charge < -0.3 is 27.1 Å². The van der Waals surface area contributed by atoms with Gasteiger partial charge in [-0.1, -0.05) is 152 Å². The molecule has 4 saturated carbocycles. The fraction of sp³-hybridized carbons (Fsp3) is 0.592. The van der Waals surface area contributed by atoms with Crippen LogP contribution in [0.2, 0.25) is 0 Å². The molecule has 3 heteroatoms. The zero-order valence-electron chi connectivity index (χ0n) is 33.6. The molecule has 0 amide bonds. The van der Waals surface area contributed by atoms with E-state index < -0.39 is 0 Å². The van der Waals surface area contributed by atoms with Crippen molar-refractivity contribution in [2.75, 3.05) is 0 Å². The summed E-state index contributed by atoms with van der Waals surface area (Å²) in [5, 5.41) is 5.80. The number of nitrogens with zero attached hydrogens (tertiary/aromatic N) is 2. The minimum atomic E-state index is 0. The first kappa shape index (κ1) is 43.2. The molecular weight excluding hydrogens is 795 g/mol. The summed E-state index contributed by atoms with van der Waals surface area (Å²) in [4.78, 5) is 5.66. The minimum absolute atomic E-state index is 0. The Morgan fingerprint density at radius 3 is 1.98 bits per heavy atom. The molecule has 0 saturated heterocycles. The molecule has 284 valence electrons. The molecule has 0 bridgehead atoms. The number of benzene rings is 2. The predicted octanol–water partition coefficient (Wildman–Crippen LogP) is 14.6. The Bertz CT molecular complexity index is 1480. The summed E-state index contributed by atoms with van der Waals surface area (Å²) in [6.07, 6.45) is 22.6. The summed E-state index contributed by atoms with van der Waals surface area (Å²) in [7, 11) is 0. The Balaban J connectivity index is 0.00000202. The van der Waals surface area contributed by atoms with Crippen molar-refractivity contribution in [3.8, 4) is 0 Å². The molecule has 0 aliphatic heterocycles. The van der Waals surface area contributed by atoms with Crippen molar-refractivity contribution >= 4 is 0 Å². The number of hydrogen-bond donors (Lipinski definition) is 0. The Morgan fingerprint density at radius 1 is 0.731 bits per heavy atom. The maximum absolute atomic E-state index is 5.80. The number of pyridine rings is 1. The van der Waals surface area contributed by atoms with Crippen molar-refractivity contribution in [3.05, 3.63) is 127 Å². The van der Waals surface area contributed by atoms with Gasteiger partial charge in [-0.05, 0) is 108 Å². The molecule has 1 heterocycles. The maximum atomic E-state index is 5.80. The Labute approximate surface area is 339 Å². The standard InChI is InChI=1S/C47H64N2.2CH3.Hf/c1-33(2)38-23-13-12-22-37(38)31-45(43-27-16-28-44(49-43)46-41-24-14-11-21-36(41)29-30-47(46,3)4)48-32-42-39(34-17-7-5-8-18-34)25-15-26-40(42)35-19-9-6-10-20-35;;;/h12-13,15-16,22-23,25-28,33-36,41,45-46H,3,5-11,14,17-21,24,29-32H2,1-2,4H3;2*1H3;/q-2;2*-1;. The van der Waals surface area contributed by atoms with Crippen molar-refractivity contribution < 1.29 is 25.8 Å². The molecule has 1 aromatic heterocycles. The molecule has 5 atom stereocenters. The Morgan fingerprint density at radius 2 is 1.33 bits per heavy atom. The fourth-order valence-corrected chi connectivity index (χ4v) is 11.0. The SMILES string of the molecule is [CH2-]C1(C)CCC2CCCCC2C1c1cccc(C(Cc2ccccc2C(C)C)[N-]Cc2c(C3CCCCC3)cccc2C2CCCCC2)n1.[CH3-].[CH3-].[Hf]. The van der Waals surface area contributed by atoms with Gasteiger partial charge >= 0.3 is 0 Å². The van der Waals surface area contributed by atoms with Crippen LogP contribution in [0.25, 0.3) is 5.32 Å². The average molecular weight is 866 g/mol. The van der Waals surface area contributed by atoms with Gasteiger partial charge in [0.25, 0.3) is 0 Å². The van der Waals surface area contributed by atoms with Gasteiger partial charge in [0, 0.05) is 37.2 Å².